The number of amides is 1. The number of ether oxygens (including phenoxy) is 1. The fraction of sp³-hybridized carbons (Fsp3) is 0.0625. The molecule has 132 valence electrons. The van der Waals surface area contributed by atoms with Crippen LogP contribution in [0.25, 0.3) is 16.3 Å². The molecule has 3 aromatic rings. The van der Waals surface area contributed by atoms with Crippen molar-refractivity contribution < 1.29 is 19.2 Å². The zero-order valence-corrected chi connectivity index (χ0v) is 14.9. The third kappa shape index (κ3) is 3.92. The van der Waals surface area contributed by atoms with Crippen LogP contribution in [-0.4, -0.2) is 28.9 Å². The molecule has 0 unspecified atom stereocenters. The van der Waals surface area contributed by atoms with Crippen LogP contribution in [0.15, 0.2) is 36.4 Å². The maximum absolute atomic E-state index is 12.0. The van der Waals surface area contributed by atoms with Crippen molar-refractivity contribution in [2.45, 2.75) is 0 Å². The van der Waals surface area contributed by atoms with Crippen LogP contribution in [0.4, 0.5) is 10.1 Å². The fourth-order valence-corrected chi connectivity index (χ4v) is 3.69. The van der Waals surface area contributed by atoms with Crippen LogP contribution in [-0.2, 0) is 9.53 Å². The number of nitro groups is 1. The van der Waals surface area contributed by atoms with Crippen molar-refractivity contribution >= 4 is 61.0 Å². The van der Waals surface area contributed by atoms with E-state index in [4.69, 9.17) is 0 Å². The number of nitrogens with zero attached hydrogens (tertiary/aromatic N) is 2. The van der Waals surface area contributed by atoms with Gasteiger partial charge >= 0.3 is 11.0 Å². The molecule has 0 fully saturated rings. The molecule has 0 aliphatic heterocycles. The van der Waals surface area contributed by atoms with Gasteiger partial charge in [-0.3, -0.25) is 20.2 Å². The molecule has 0 saturated carbocycles. The number of carbonyl (C=O) groups is 2. The van der Waals surface area contributed by atoms with Gasteiger partial charge in [-0.15, -0.1) is 0 Å². The molecule has 8 nitrogen and oxygen atoms in total. The molecule has 0 aliphatic rings. The third-order valence-corrected chi connectivity index (χ3v) is 5.17. The number of benzene rings is 1. The van der Waals surface area contributed by atoms with E-state index in [2.05, 4.69) is 15.0 Å². The van der Waals surface area contributed by atoms with Gasteiger partial charge in [-0.05, 0) is 30.3 Å². The van der Waals surface area contributed by atoms with Crippen molar-refractivity contribution in [2.75, 3.05) is 12.4 Å². The summed E-state index contributed by atoms with van der Waals surface area (Å²) >= 11 is 2.20. The predicted molar refractivity (Wildman–Crippen MR) is 99.6 cm³/mol. The number of fused-ring (bicyclic) bond motifs is 1. The minimum atomic E-state index is -0.480. The topological polar surface area (TPSA) is 111 Å². The Morgan fingerprint density at radius 3 is 2.77 bits per heavy atom. The number of methoxy groups -OCH3 is 1. The standard InChI is InChI=1S/C16H11N3O5S2/c1-24-15(21)9-2-5-11-12(8-9)26-16(17-11)18-13(20)6-3-10-4-7-14(25-10)19(22)23/h2-8H,1H3,(H,17,18,20). The van der Waals surface area contributed by atoms with Crippen molar-refractivity contribution in [3.63, 3.8) is 0 Å². The van der Waals surface area contributed by atoms with Gasteiger partial charge < -0.3 is 4.74 Å². The number of rotatable bonds is 5. The van der Waals surface area contributed by atoms with Gasteiger partial charge in [0.1, 0.15) is 0 Å². The Kier molecular flexibility index (Phi) is 5.05. The van der Waals surface area contributed by atoms with Crippen LogP contribution in [0.5, 0.6) is 0 Å². The molecular formula is C16H11N3O5S2. The van der Waals surface area contributed by atoms with E-state index in [-0.39, 0.29) is 5.00 Å². The highest BCUT2D eigenvalue weighted by Crippen LogP contribution is 2.27. The van der Waals surface area contributed by atoms with Crippen LogP contribution >= 0.6 is 22.7 Å². The number of thiazole rings is 1. The highest BCUT2D eigenvalue weighted by Gasteiger charge is 2.11. The Morgan fingerprint density at radius 2 is 2.08 bits per heavy atom. The van der Waals surface area contributed by atoms with E-state index < -0.39 is 16.8 Å². The Labute approximate surface area is 154 Å². The summed E-state index contributed by atoms with van der Waals surface area (Å²) in [6, 6.07) is 7.87. The van der Waals surface area contributed by atoms with E-state index in [0.717, 1.165) is 16.0 Å². The van der Waals surface area contributed by atoms with Gasteiger partial charge in [0.15, 0.2) is 5.13 Å². The SMILES string of the molecule is COC(=O)c1ccc2nc(NC(=O)C=Cc3ccc([N+](=O)[O-])s3)sc2c1. The van der Waals surface area contributed by atoms with E-state index in [9.17, 15) is 19.7 Å². The zero-order valence-electron chi connectivity index (χ0n) is 13.3. The zero-order chi connectivity index (χ0) is 18.7. The Morgan fingerprint density at radius 1 is 1.27 bits per heavy atom. The number of anilines is 1. The molecule has 1 N–H and O–H groups in total. The smallest absolute Gasteiger partial charge is 0.337 e. The minimum Gasteiger partial charge on any atom is -0.465 e. The van der Waals surface area contributed by atoms with Gasteiger partial charge in [-0.2, -0.15) is 0 Å². The fourth-order valence-electron chi connectivity index (χ4n) is 2.06. The Balaban J connectivity index is 1.71. The summed E-state index contributed by atoms with van der Waals surface area (Å²) in [6.07, 6.45) is 2.77. The molecule has 0 bridgehead atoms. The second kappa shape index (κ2) is 7.42. The van der Waals surface area contributed by atoms with Gasteiger partial charge in [-0.25, -0.2) is 9.78 Å². The molecule has 1 amide bonds. The number of aromatic nitrogens is 1. The van der Waals surface area contributed by atoms with E-state index in [1.807, 2.05) is 0 Å². The predicted octanol–water partition coefficient (Wildman–Crippen LogP) is 3.70. The lowest BCUT2D eigenvalue weighted by atomic mass is 10.2. The number of thiophene rings is 1. The normalized spacial score (nSPS) is 11.0. The molecular weight excluding hydrogens is 378 g/mol. The first-order valence-electron chi connectivity index (χ1n) is 7.18. The number of nitrogens with one attached hydrogen (secondary N) is 1. The number of hydrogen-bond donors (Lipinski definition) is 1. The van der Waals surface area contributed by atoms with Gasteiger partial charge in [0, 0.05) is 17.0 Å². The van der Waals surface area contributed by atoms with E-state index in [0.29, 0.717) is 21.1 Å². The molecule has 3 rings (SSSR count). The summed E-state index contributed by atoms with van der Waals surface area (Å²) in [5.74, 6) is -0.854. The van der Waals surface area contributed by atoms with Crippen LogP contribution in [0.1, 0.15) is 15.2 Å². The van der Waals surface area contributed by atoms with E-state index >= 15 is 0 Å². The Bertz CT molecular complexity index is 1040. The summed E-state index contributed by atoms with van der Waals surface area (Å²) in [5, 5.41) is 13.7. The Hall–Kier alpha value is -3.11. The molecule has 0 radical (unpaired) electrons. The summed E-state index contributed by atoms with van der Waals surface area (Å²) in [6.45, 7) is 0. The van der Waals surface area contributed by atoms with E-state index in [1.54, 1.807) is 24.3 Å². The van der Waals surface area contributed by atoms with Crippen LogP contribution in [0.3, 0.4) is 0 Å². The van der Waals surface area contributed by atoms with Crippen molar-refractivity contribution in [3.05, 3.63) is 57.0 Å². The minimum absolute atomic E-state index is 0.0117. The average Bonchev–Trinajstić information content (AvgIpc) is 3.24. The number of esters is 1. The highest BCUT2D eigenvalue weighted by atomic mass is 32.1. The van der Waals surface area contributed by atoms with Crippen molar-refractivity contribution in [1.29, 1.82) is 0 Å². The number of hydrogen-bond acceptors (Lipinski definition) is 8. The molecule has 0 spiro atoms. The second-order valence-electron chi connectivity index (χ2n) is 4.95. The quantitative estimate of drug-likeness (QED) is 0.308. The molecule has 26 heavy (non-hydrogen) atoms. The number of carbonyl (C=O) groups excluding carboxylic acids is 2. The van der Waals surface area contributed by atoms with Crippen LogP contribution in [0, 0.1) is 10.1 Å². The molecule has 10 heteroatoms. The summed E-state index contributed by atoms with van der Waals surface area (Å²) in [7, 11) is 1.30. The summed E-state index contributed by atoms with van der Waals surface area (Å²) in [4.78, 5) is 38.6. The maximum atomic E-state index is 12.0. The third-order valence-electron chi connectivity index (χ3n) is 3.23. The van der Waals surface area contributed by atoms with Gasteiger partial charge in [-0.1, -0.05) is 22.7 Å². The summed E-state index contributed by atoms with van der Waals surface area (Å²) in [5.41, 5.74) is 1.05. The molecule has 0 aliphatic carbocycles. The largest absolute Gasteiger partial charge is 0.465 e. The molecule has 2 heterocycles. The first kappa shape index (κ1) is 17.7. The van der Waals surface area contributed by atoms with Crippen molar-refractivity contribution in [3.8, 4) is 0 Å². The first-order valence-corrected chi connectivity index (χ1v) is 8.82. The molecule has 0 saturated heterocycles. The van der Waals surface area contributed by atoms with Gasteiger partial charge in [0.2, 0.25) is 5.91 Å². The highest BCUT2D eigenvalue weighted by molar-refractivity contribution is 7.22. The van der Waals surface area contributed by atoms with Crippen LogP contribution in [0.2, 0.25) is 0 Å². The van der Waals surface area contributed by atoms with Gasteiger partial charge in [0.25, 0.3) is 0 Å². The maximum Gasteiger partial charge on any atom is 0.337 e. The van der Waals surface area contributed by atoms with Crippen molar-refractivity contribution in [1.82, 2.24) is 4.98 Å². The van der Waals surface area contributed by atoms with E-state index in [1.165, 1.54) is 36.7 Å². The molecule has 2 aromatic heterocycles. The molecule has 0 atom stereocenters. The average molecular weight is 389 g/mol. The lowest BCUT2D eigenvalue weighted by molar-refractivity contribution is -0.380. The first-order chi connectivity index (χ1) is 12.5. The summed E-state index contributed by atoms with van der Waals surface area (Å²) < 4.78 is 5.41. The van der Waals surface area contributed by atoms with Gasteiger partial charge in [0.05, 0.1) is 27.8 Å². The lowest BCUT2D eigenvalue weighted by Gasteiger charge is -1.97. The lowest BCUT2D eigenvalue weighted by Crippen LogP contribution is -2.06. The van der Waals surface area contributed by atoms with Crippen LogP contribution < -0.4 is 5.32 Å². The monoisotopic (exact) mass is 389 g/mol. The second-order valence-corrected chi connectivity index (χ2v) is 7.07. The van der Waals surface area contributed by atoms with Crippen molar-refractivity contribution in [2.24, 2.45) is 0 Å². The molecule has 1 aromatic carbocycles.